The Balaban J connectivity index is 2.71. The second-order valence-corrected chi connectivity index (χ2v) is 4.16. The van der Waals surface area contributed by atoms with Gasteiger partial charge < -0.3 is 15.5 Å². The number of nitrogens with one attached hydrogen (secondary N) is 1. The fourth-order valence-corrected chi connectivity index (χ4v) is 1.59. The molecule has 0 aliphatic heterocycles. The predicted molar refractivity (Wildman–Crippen MR) is 56.8 cm³/mol. The van der Waals surface area contributed by atoms with Crippen molar-refractivity contribution in [1.29, 1.82) is 0 Å². The topological polar surface area (TPSA) is 82.5 Å². The van der Waals surface area contributed by atoms with Crippen LogP contribution >= 0.6 is 11.3 Å². The number of thiazole rings is 1. The summed E-state index contributed by atoms with van der Waals surface area (Å²) < 4.78 is 0. The van der Waals surface area contributed by atoms with Crippen molar-refractivity contribution in [1.82, 2.24) is 10.3 Å². The number of carbonyl (C=O) groups excluding carboxylic acids is 1. The Bertz CT molecular complexity index is 301. The third kappa shape index (κ3) is 2.74. The molecule has 0 saturated heterocycles. The van der Waals surface area contributed by atoms with Crippen molar-refractivity contribution in [3.8, 4) is 0 Å². The van der Waals surface area contributed by atoms with Crippen LogP contribution < -0.4 is 5.32 Å². The Morgan fingerprint density at radius 3 is 2.67 bits per heavy atom. The molecule has 0 spiro atoms. The SMILES string of the molecule is CCC(CO)(CO)NC(=O)c1cncs1. The molecular weight excluding hydrogens is 216 g/mol. The van der Waals surface area contributed by atoms with E-state index in [4.69, 9.17) is 10.2 Å². The summed E-state index contributed by atoms with van der Waals surface area (Å²) in [5, 5.41) is 20.9. The quantitative estimate of drug-likeness (QED) is 0.665. The Morgan fingerprint density at radius 1 is 1.60 bits per heavy atom. The number of hydrogen-bond donors (Lipinski definition) is 3. The van der Waals surface area contributed by atoms with Gasteiger partial charge in [-0.25, -0.2) is 0 Å². The minimum absolute atomic E-state index is 0.287. The van der Waals surface area contributed by atoms with Crippen LogP contribution in [-0.4, -0.2) is 39.9 Å². The highest BCUT2D eigenvalue weighted by Crippen LogP contribution is 2.12. The first kappa shape index (κ1) is 12.1. The number of hydrogen-bond acceptors (Lipinski definition) is 5. The van der Waals surface area contributed by atoms with Crippen LogP contribution in [0.25, 0.3) is 0 Å². The van der Waals surface area contributed by atoms with E-state index >= 15 is 0 Å². The molecule has 0 bridgehead atoms. The zero-order valence-corrected chi connectivity index (χ0v) is 9.25. The highest BCUT2D eigenvalue weighted by atomic mass is 32.1. The summed E-state index contributed by atoms with van der Waals surface area (Å²) in [4.78, 5) is 15.9. The van der Waals surface area contributed by atoms with E-state index in [1.807, 2.05) is 0 Å². The predicted octanol–water partition coefficient (Wildman–Crippen LogP) is 0.00630. The minimum atomic E-state index is -0.943. The van der Waals surface area contributed by atoms with Gasteiger partial charge in [-0.15, -0.1) is 11.3 Å². The van der Waals surface area contributed by atoms with E-state index in [-0.39, 0.29) is 19.1 Å². The lowest BCUT2D eigenvalue weighted by molar-refractivity contribution is 0.0656. The molecule has 1 heterocycles. The second-order valence-electron chi connectivity index (χ2n) is 3.27. The Labute approximate surface area is 91.8 Å². The first-order valence-electron chi connectivity index (χ1n) is 4.60. The molecule has 1 amide bonds. The number of amides is 1. The van der Waals surface area contributed by atoms with Crippen LogP contribution in [-0.2, 0) is 0 Å². The molecule has 0 aromatic carbocycles. The van der Waals surface area contributed by atoms with Crippen molar-refractivity contribution in [2.24, 2.45) is 0 Å². The molecule has 5 nitrogen and oxygen atoms in total. The average molecular weight is 230 g/mol. The zero-order chi connectivity index (χ0) is 11.3. The van der Waals surface area contributed by atoms with Gasteiger partial charge in [0.1, 0.15) is 4.88 Å². The highest BCUT2D eigenvalue weighted by molar-refractivity contribution is 7.11. The van der Waals surface area contributed by atoms with E-state index < -0.39 is 5.54 Å². The van der Waals surface area contributed by atoms with E-state index in [1.165, 1.54) is 17.5 Å². The number of rotatable bonds is 5. The molecule has 3 N–H and O–H groups in total. The van der Waals surface area contributed by atoms with Gasteiger partial charge in [0, 0.05) is 0 Å². The smallest absolute Gasteiger partial charge is 0.263 e. The lowest BCUT2D eigenvalue weighted by Crippen LogP contribution is -2.53. The maximum Gasteiger partial charge on any atom is 0.263 e. The van der Waals surface area contributed by atoms with Crippen molar-refractivity contribution in [2.45, 2.75) is 18.9 Å². The van der Waals surface area contributed by atoms with Gasteiger partial charge in [0.2, 0.25) is 0 Å². The minimum Gasteiger partial charge on any atom is -0.394 e. The Morgan fingerprint density at radius 2 is 2.27 bits per heavy atom. The number of aliphatic hydroxyl groups is 2. The second kappa shape index (κ2) is 5.20. The molecule has 0 unspecified atom stereocenters. The van der Waals surface area contributed by atoms with Crippen molar-refractivity contribution < 1.29 is 15.0 Å². The maximum atomic E-state index is 11.6. The first-order chi connectivity index (χ1) is 7.17. The lowest BCUT2D eigenvalue weighted by atomic mass is 9.98. The summed E-state index contributed by atoms with van der Waals surface area (Å²) in [7, 11) is 0. The van der Waals surface area contributed by atoms with Gasteiger partial charge in [-0.2, -0.15) is 0 Å². The van der Waals surface area contributed by atoms with E-state index in [1.54, 1.807) is 12.4 Å². The number of aromatic nitrogens is 1. The summed E-state index contributed by atoms with van der Waals surface area (Å²) in [5.74, 6) is -0.317. The highest BCUT2D eigenvalue weighted by Gasteiger charge is 2.29. The molecule has 1 aromatic rings. The molecule has 84 valence electrons. The van der Waals surface area contributed by atoms with E-state index in [0.29, 0.717) is 11.3 Å². The molecule has 0 atom stereocenters. The molecule has 0 fully saturated rings. The number of nitrogens with zero attached hydrogens (tertiary/aromatic N) is 1. The van der Waals surface area contributed by atoms with Crippen LogP contribution in [0.15, 0.2) is 11.7 Å². The Hall–Kier alpha value is -0.980. The number of carbonyl (C=O) groups is 1. The van der Waals surface area contributed by atoms with E-state index in [2.05, 4.69) is 10.3 Å². The van der Waals surface area contributed by atoms with Crippen molar-refractivity contribution in [2.75, 3.05) is 13.2 Å². The summed E-state index contributed by atoms with van der Waals surface area (Å²) >= 11 is 1.22. The molecule has 1 aromatic heterocycles. The third-order valence-electron chi connectivity index (χ3n) is 2.32. The van der Waals surface area contributed by atoms with E-state index in [9.17, 15) is 4.79 Å². The van der Waals surface area contributed by atoms with Gasteiger partial charge in [-0.1, -0.05) is 6.92 Å². The summed E-state index contributed by atoms with van der Waals surface area (Å²) in [5.41, 5.74) is 0.613. The standard InChI is InChI=1S/C9H14N2O3S/c1-2-9(4-12,5-13)11-8(14)7-3-10-6-15-7/h3,6,12-13H,2,4-5H2,1H3,(H,11,14). The van der Waals surface area contributed by atoms with Crippen molar-refractivity contribution in [3.63, 3.8) is 0 Å². The molecular formula is C9H14N2O3S. The maximum absolute atomic E-state index is 11.6. The fourth-order valence-electron chi connectivity index (χ4n) is 1.07. The van der Waals surface area contributed by atoms with Gasteiger partial charge in [0.15, 0.2) is 0 Å². The van der Waals surface area contributed by atoms with Crippen molar-refractivity contribution >= 4 is 17.2 Å². The van der Waals surface area contributed by atoms with Gasteiger partial charge in [0.25, 0.3) is 5.91 Å². The molecule has 0 radical (unpaired) electrons. The summed E-state index contributed by atoms with van der Waals surface area (Å²) in [6.45, 7) is 1.22. The van der Waals surface area contributed by atoms with Gasteiger partial charge in [0.05, 0.1) is 30.5 Å². The fraction of sp³-hybridized carbons (Fsp3) is 0.556. The molecule has 6 heteroatoms. The van der Waals surface area contributed by atoms with Crippen LogP contribution in [0.2, 0.25) is 0 Å². The van der Waals surface area contributed by atoms with Crippen LogP contribution in [0.4, 0.5) is 0 Å². The molecule has 1 rings (SSSR count). The van der Waals surface area contributed by atoms with Gasteiger partial charge in [-0.3, -0.25) is 9.78 Å². The molecule has 0 aliphatic carbocycles. The van der Waals surface area contributed by atoms with Crippen molar-refractivity contribution in [3.05, 3.63) is 16.6 Å². The monoisotopic (exact) mass is 230 g/mol. The molecule has 15 heavy (non-hydrogen) atoms. The molecule has 0 saturated carbocycles. The van der Waals surface area contributed by atoms with Crippen LogP contribution in [0.5, 0.6) is 0 Å². The lowest BCUT2D eigenvalue weighted by Gasteiger charge is -2.29. The van der Waals surface area contributed by atoms with Crippen LogP contribution in [0.1, 0.15) is 23.0 Å². The summed E-state index contributed by atoms with van der Waals surface area (Å²) in [6, 6.07) is 0. The summed E-state index contributed by atoms with van der Waals surface area (Å²) in [6.07, 6.45) is 1.92. The normalized spacial score (nSPS) is 11.4. The Kier molecular flexibility index (Phi) is 4.19. The zero-order valence-electron chi connectivity index (χ0n) is 8.43. The van der Waals surface area contributed by atoms with Crippen LogP contribution in [0, 0.1) is 0 Å². The third-order valence-corrected chi connectivity index (χ3v) is 3.09. The van der Waals surface area contributed by atoms with E-state index in [0.717, 1.165) is 0 Å². The van der Waals surface area contributed by atoms with Crippen LogP contribution in [0.3, 0.4) is 0 Å². The first-order valence-corrected chi connectivity index (χ1v) is 5.48. The molecule has 0 aliphatic rings. The van der Waals surface area contributed by atoms with Gasteiger partial charge in [-0.05, 0) is 6.42 Å². The number of aliphatic hydroxyl groups excluding tert-OH is 2. The average Bonchev–Trinajstić information content (AvgIpc) is 2.79. The van der Waals surface area contributed by atoms with Gasteiger partial charge >= 0.3 is 0 Å². The largest absolute Gasteiger partial charge is 0.394 e.